The molecule has 0 radical (unpaired) electrons. The summed E-state index contributed by atoms with van der Waals surface area (Å²) in [7, 11) is 0. The van der Waals surface area contributed by atoms with E-state index in [0.29, 0.717) is 13.0 Å². The van der Waals surface area contributed by atoms with Crippen molar-refractivity contribution < 1.29 is 9.59 Å². The number of hydrogen-bond donors (Lipinski definition) is 2. The maximum absolute atomic E-state index is 12.4. The van der Waals surface area contributed by atoms with E-state index in [1.165, 1.54) is 4.90 Å². The summed E-state index contributed by atoms with van der Waals surface area (Å²) in [6, 6.07) is 0. The molecule has 1 heterocycles. The van der Waals surface area contributed by atoms with E-state index in [0.717, 1.165) is 63.9 Å². The smallest absolute Gasteiger partial charge is 0.233 e. The van der Waals surface area contributed by atoms with E-state index in [4.69, 9.17) is 0 Å². The van der Waals surface area contributed by atoms with Gasteiger partial charge in [-0.25, -0.2) is 0 Å². The van der Waals surface area contributed by atoms with E-state index in [1.807, 2.05) is 35.3 Å². The molecule has 1 aliphatic heterocycles. The lowest BCUT2D eigenvalue weighted by atomic mass is 10.1. The van der Waals surface area contributed by atoms with Crippen LogP contribution in [0.25, 0.3) is 0 Å². The number of rotatable bonds is 16. The van der Waals surface area contributed by atoms with Gasteiger partial charge in [-0.1, -0.05) is 0 Å². The predicted octanol–water partition coefficient (Wildman–Crippen LogP) is 3.54. The van der Waals surface area contributed by atoms with Crippen molar-refractivity contribution in [2.45, 2.75) is 12.8 Å². The Labute approximate surface area is 180 Å². The van der Waals surface area contributed by atoms with Gasteiger partial charge in [-0.15, -0.1) is 0 Å². The Kier molecular flexibility index (Phi) is 15.7. The second-order valence-corrected chi connectivity index (χ2v) is 11.2. The average Bonchev–Trinajstić information content (AvgIpc) is 2.87. The van der Waals surface area contributed by atoms with E-state index in [1.54, 1.807) is 11.8 Å². The lowest BCUT2D eigenvalue weighted by molar-refractivity contribution is -0.139. The molecule has 1 saturated heterocycles. The molecule has 0 aliphatic carbocycles. The number of thiol groups is 2. The van der Waals surface area contributed by atoms with Crippen LogP contribution in [0.2, 0.25) is 0 Å². The van der Waals surface area contributed by atoms with Gasteiger partial charge in [0, 0.05) is 53.2 Å². The molecule has 1 rings (SSSR count). The molecule has 3 nitrogen and oxygen atoms in total. The zero-order valence-electron chi connectivity index (χ0n) is 14.6. The van der Waals surface area contributed by atoms with Gasteiger partial charge in [0.2, 0.25) is 11.8 Å². The Morgan fingerprint density at radius 1 is 0.840 bits per heavy atom. The fourth-order valence-electron chi connectivity index (χ4n) is 2.34. The molecule has 0 N–H and O–H groups in total. The number of nitrogens with zero attached hydrogens (tertiary/aromatic N) is 1. The summed E-state index contributed by atoms with van der Waals surface area (Å²) in [5.41, 5.74) is 0. The van der Waals surface area contributed by atoms with Crippen LogP contribution in [0, 0.1) is 5.92 Å². The molecule has 0 saturated carbocycles. The number of carbonyl (C=O) groups is 2. The maximum Gasteiger partial charge on any atom is 0.233 e. The van der Waals surface area contributed by atoms with Gasteiger partial charge in [0.15, 0.2) is 0 Å². The van der Waals surface area contributed by atoms with Gasteiger partial charge >= 0.3 is 0 Å². The SMILES string of the molecule is O=C1CC(CSCCSCCS)C(=O)N1CCCSCCSCCS. The fourth-order valence-corrected chi connectivity index (χ4v) is 6.91. The normalized spacial score (nSPS) is 17.7. The van der Waals surface area contributed by atoms with Crippen molar-refractivity contribution in [3.63, 3.8) is 0 Å². The first-order chi connectivity index (χ1) is 12.2. The molecule has 25 heavy (non-hydrogen) atoms. The topological polar surface area (TPSA) is 37.4 Å². The molecule has 1 aliphatic rings. The van der Waals surface area contributed by atoms with Crippen LogP contribution in [0.5, 0.6) is 0 Å². The molecule has 2 amide bonds. The maximum atomic E-state index is 12.4. The van der Waals surface area contributed by atoms with E-state index >= 15 is 0 Å². The van der Waals surface area contributed by atoms with Gasteiger partial charge in [0.1, 0.15) is 0 Å². The number of carbonyl (C=O) groups excluding carboxylic acids is 2. The lowest BCUT2D eigenvalue weighted by Gasteiger charge is -2.14. The molecule has 0 spiro atoms. The van der Waals surface area contributed by atoms with Gasteiger partial charge in [0.25, 0.3) is 0 Å². The first-order valence-electron chi connectivity index (χ1n) is 8.57. The summed E-state index contributed by atoms with van der Waals surface area (Å²) in [6.45, 7) is 0.591. The quantitative estimate of drug-likeness (QED) is 0.209. The van der Waals surface area contributed by atoms with Crippen LogP contribution in [-0.2, 0) is 9.59 Å². The summed E-state index contributed by atoms with van der Waals surface area (Å²) in [4.78, 5) is 25.9. The first kappa shape index (κ1) is 24.3. The van der Waals surface area contributed by atoms with Crippen LogP contribution in [0.4, 0.5) is 0 Å². The van der Waals surface area contributed by atoms with Crippen molar-refractivity contribution in [2.24, 2.45) is 5.92 Å². The van der Waals surface area contributed by atoms with Gasteiger partial charge in [-0.3, -0.25) is 14.5 Å². The van der Waals surface area contributed by atoms with Gasteiger partial charge in [-0.2, -0.15) is 72.3 Å². The van der Waals surface area contributed by atoms with Gasteiger partial charge < -0.3 is 0 Å². The van der Waals surface area contributed by atoms with Crippen LogP contribution in [0.3, 0.4) is 0 Å². The van der Waals surface area contributed by atoms with Crippen molar-refractivity contribution >= 4 is 84.1 Å². The Bertz CT molecular complexity index is 386. The third-order valence-corrected chi connectivity index (χ3v) is 9.28. The van der Waals surface area contributed by atoms with Gasteiger partial charge in [-0.05, 0) is 23.7 Å². The van der Waals surface area contributed by atoms with Crippen molar-refractivity contribution in [3.8, 4) is 0 Å². The molecule has 9 heteroatoms. The van der Waals surface area contributed by atoms with Crippen molar-refractivity contribution in [3.05, 3.63) is 0 Å². The second kappa shape index (κ2) is 16.2. The van der Waals surface area contributed by atoms with E-state index < -0.39 is 0 Å². The molecule has 1 atom stereocenters. The predicted molar refractivity (Wildman–Crippen MR) is 126 cm³/mol. The van der Waals surface area contributed by atoms with Crippen molar-refractivity contribution in [1.29, 1.82) is 0 Å². The van der Waals surface area contributed by atoms with Crippen LogP contribution < -0.4 is 0 Å². The van der Waals surface area contributed by atoms with Gasteiger partial charge in [0.05, 0.1) is 5.92 Å². The standard InChI is InChI=1S/C16H29NO2S6/c18-15-12-14(13-25-11-10-24-7-4-21)16(19)17(15)2-1-5-22-8-9-23-6-3-20/h14,20-21H,1-13H2. The Hall–Kier alpha value is 1.24. The van der Waals surface area contributed by atoms with Crippen LogP contribution in [0.15, 0.2) is 0 Å². The Morgan fingerprint density at radius 3 is 2.00 bits per heavy atom. The summed E-state index contributed by atoms with van der Waals surface area (Å²) >= 11 is 15.9. The molecule has 0 aromatic carbocycles. The average molecular weight is 460 g/mol. The van der Waals surface area contributed by atoms with Crippen LogP contribution in [0.1, 0.15) is 12.8 Å². The van der Waals surface area contributed by atoms with E-state index in [-0.39, 0.29) is 17.7 Å². The molecule has 146 valence electrons. The molecule has 1 unspecified atom stereocenters. The molecular formula is C16H29NO2S6. The summed E-state index contributed by atoms with van der Waals surface area (Å²) in [6.07, 6.45) is 1.31. The van der Waals surface area contributed by atoms with Crippen molar-refractivity contribution in [1.82, 2.24) is 4.90 Å². The number of hydrogen-bond acceptors (Lipinski definition) is 8. The third kappa shape index (κ3) is 11.0. The zero-order valence-corrected chi connectivity index (χ0v) is 19.6. The first-order valence-corrected chi connectivity index (χ1v) is 14.5. The minimum Gasteiger partial charge on any atom is -0.282 e. The zero-order chi connectivity index (χ0) is 18.3. The largest absolute Gasteiger partial charge is 0.282 e. The lowest BCUT2D eigenvalue weighted by Crippen LogP contribution is -2.32. The molecule has 0 bridgehead atoms. The molecular weight excluding hydrogens is 431 g/mol. The minimum absolute atomic E-state index is 0.0226. The number of likely N-dealkylation sites (tertiary alicyclic amines) is 1. The van der Waals surface area contributed by atoms with Crippen LogP contribution in [-0.4, -0.2) is 80.8 Å². The fraction of sp³-hybridized carbons (Fsp3) is 0.875. The Balaban J connectivity index is 2.09. The third-order valence-electron chi connectivity index (χ3n) is 3.54. The number of imide groups is 1. The molecule has 0 aromatic rings. The molecule has 0 aromatic heterocycles. The highest BCUT2D eigenvalue weighted by molar-refractivity contribution is 8.03. The van der Waals surface area contributed by atoms with Crippen LogP contribution >= 0.6 is 72.3 Å². The highest BCUT2D eigenvalue weighted by Crippen LogP contribution is 2.24. The minimum atomic E-state index is -0.0994. The van der Waals surface area contributed by atoms with E-state index in [9.17, 15) is 9.59 Å². The monoisotopic (exact) mass is 459 g/mol. The Morgan fingerprint density at radius 2 is 1.40 bits per heavy atom. The second-order valence-electron chi connectivity index (χ2n) is 5.50. The van der Waals surface area contributed by atoms with E-state index in [2.05, 4.69) is 25.3 Å². The number of amides is 2. The summed E-state index contributed by atoms with van der Waals surface area (Å²) in [5, 5.41) is 0. The van der Waals surface area contributed by atoms with Crippen molar-refractivity contribution in [2.75, 3.05) is 64.1 Å². The number of thioether (sulfide) groups is 4. The summed E-state index contributed by atoms with van der Waals surface area (Å²) in [5.74, 6) is 10.2. The highest BCUT2D eigenvalue weighted by atomic mass is 32.2. The highest BCUT2D eigenvalue weighted by Gasteiger charge is 2.37. The summed E-state index contributed by atoms with van der Waals surface area (Å²) < 4.78 is 0. The molecule has 1 fully saturated rings.